The van der Waals surface area contributed by atoms with Crippen molar-refractivity contribution in [1.29, 1.82) is 0 Å². The van der Waals surface area contributed by atoms with E-state index >= 15 is 0 Å². The van der Waals surface area contributed by atoms with Gasteiger partial charge in [0.15, 0.2) is 6.61 Å². The maximum Gasteiger partial charge on any atom is 0.277 e. The molecule has 1 amide bonds. The van der Waals surface area contributed by atoms with Crippen LogP contribution in [-0.4, -0.2) is 35.3 Å². The van der Waals surface area contributed by atoms with E-state index < -0.39 is 0 Å². The van der Waals surface area contributed by atoms with Crippen molar-refractivity contribution in [2.75, 3.05) is 18.1 Å². The molecule has 2 N–H and O–H groups in total. The predicted molar refractivity (Wildman–Crippen MR) is 124 cm³/mol. The summed E-state index contributed by atoms with van der Waals surface area (Å²) >= 11 is 9.20. The molecular weight excluding hydrogens is 563 g/mol. The highest BCUT2D eigenvalue weighted by Gasteiger charge is 2.17. The Morgan fingerprint density at radius 2 is 2.04 bits per heavy atom. The number of hydrogen-bond donors (Lipinski definition) is 2. The largest absolute Gasteiger partial charge is 0.506 e. The van der Waals surface area contributed by atoms with Gasteiger partial charge in [-0.3, -0.25) is 4.79 Å². The predicted octanol–water partition coefficient (Wildman–Crippen LogP) is 4.77. The van der Waals surface area contributed by atoms with Crippen LogP contribution in [0.25, 0.3) is 0 Å². The molecule has 142 valence electrons. The molecule has 0 atom stereocenters. The number of phenolic OH excluding ortho intramolecular Hbond substituents is 1. The minimum absolute atomic E-state index is 0.111. The van der Waals surface area contributed by atoms with Crippen molar-refractivity contribution in [2.24, 2.45) is 5.10 Å². The number of hydrazone groups is 1. The molecule has 2 aromatic rings. The third-order valence-electron chi connectivity index (χ3n) is 3.59. The quantitative estimate of drug-likeness (QED) is 0.294. The molecule has 0 spiro atoms. The van der Waals surface area contributed by atoms with E-state index in [1.807, 2.05) is 70.4 Å². The number of amides is 1. The molecule has 27 heavy (non-hydrogen) atoms. The second-order valence-corrected chi connectivity index (χ2v) is 10.3. The third kappa shape index (κ3) is 6.03. The van der Waals surface area contributed by atoms with Crippen LogP contribution < -0.4 is 10.2 Å². The second kappa shape index (κ2) is 10.0. The summed E-state index contributed by atoms with van der Waals surface area (Å²) in [4.78, 5) is 11.9. The van der Waals surface area contributed by atoms with Crippen molar-refractivity contribution >= 4 is 74.2 Å². The smallest absolute Gasteiger partial charge is 0.277 e. The number of hydrogen-bond acceptors (Lipinski definition) is 6. The van der Waals surface area contributed by atoms with Crippen LogP contribution in [0.3, 0.4) is 0 Å². The number of rotatable bonds is 6. The van der Waals surface area contributed by atoms with E-state index in [1.54, 1.807) is 12.1 Å². The molecule has 0 saturated carbocycles. The maximum absolute atomic E-state index is 11.9. The van der Waals surface area contributed by atoms with Crippen molar-refractivity contribution in [2.45, 2.75) is 4.58 Å². The Labute approximate surface area is 188 Å². The van der Waals surface area contributed by atoms with Crippen molar-refractivity contribution in [3.63, 3.8) is 0 Å². The SMILES string of the molecule is O=C(COc1ccc(C2SCCS2)cc1)N/N=C\c1cc(Br)c(O)c(I)c1. The number of thioether (sulfide) groups is 2. The van der Waals surface area contributed by atoms with Crippen LogP contribution in [0, 0.1) is 3.57 Å². The summed E-state index contributed by atoms with van der Waals surface area (Å²) in [7, 11) is 0. The Morgan fingerprint density at radius 3 is 2.70 bits per heavy atom. The molecule has 1 heterocycles. The second-order valence-electron chi connectivity index (χ2n) is 5.56. The van der Waals surface area contributed by atoms with Gasteiger partial charge in [0.1, 0.15) is 11.5 Å². The minimum Gasteiger partial charge on any atom is -0.506 e. The van der Waals surface area contributed by atoms with E-state index in [0.29, 0.717) is 18.4 Å². The van der Waals surface area contributed by atoms with Crippen LogP contribution in [0.1, 0.15) is 15.7 Å². The summed E-state index contributed by atoms with van der Waals surface area (Å²) in [6, 6.07) is 11.3. The Hall–Kier alpha value is -0.910. The molecule has 3 rings (SSSR count). The van der Waals surface area contributed by atoms with E-state index in [1.165, 1.54) is 23.3 Å². The van der Waals surface area contributed by atoms with Gasteiger partial charge in [-0.2, -0.15) is 5.10 Å². The first-order chi connectivity index (χ1) is 13.0. The fourth-order valence-electron chi connectivity index (χ4n) is 2.29. The number of ether oxygens (including phenoxy) is 1. The molecule has 0 aromatic heterocycles. The number of carbonyl (C=O) groups is 1. The van der Waals surface area contributed by atoms with Gasteiger partial charge in [0.2, 0.25) is 0 Å². The van der Waals surface area contributed by atoms with Crippen LogP contribution in [0.15, 0.2) is 46.0 Å². The first kappa shape index (κ1) is 20.8. The van der Waals surface area contributed by atoms with Gasteiger partial charge >= 0.3 is 0 Å². The normalized spacial score (nSPS) is 14.6. The molecular formula is C18H16BrIN2O3S2. The Morgan fingerprint density at radius 1 is 1.33 bits per heavy atom. The molecule has 5 nitrogen and oxygen atoms in total. The van der Waals surface area contributed by atoms with E-state index in [0.717, 1.165) is 5.56 Å². The molecule has 1 saturated heterocycles. The Balaban J connectivity index is 1.46. The summed E-state index contributed by atoms with van der Waals surface area (Å²) in [5, 5.41) is 13.6. The van der Waals surface area contributed by atoms with Gasteiger partial charge in [-0.05, 0) is 73.9 Å². The fraction of sp³-hybridized carbons (Fsp3) is 0.222. The third-order valence-corrected chi connectivity index (χ3v) is 8.12. The summed E-state index contributed by atoms with van der Waals surface area (Å²) < 4.78 is 7.26. The van der Waals surface area contributed by atoms with Gasteiger partial charge in [-0.1, -0.05) is 12.1 Å². The standard InChI is InChI=1S/C18H16BrIN2O3S2/c19-14-7-11(8-15(20)17(14)24)9-21-22-16(23)10-25-13-3-1-12(2-4-13)18-26-5-6-27-18/h1-4,7-9,18,24H,5-6,10H2,(H,22,23)/b21-9-. The zero-order valence-electron chi connectivity index (χ0n) is 14.0. The van der Waals surface area contributed by atoms with Gasteiger partial charge in [0.05, 0.1) is 18.8 Å². The lowest BCUT2D eigenvalue weighted by molar-refractivity contribution is -0.123. The van der Waals surface area contributed by atoms with E-state index in [9.17, 15) is 9.90 Å². The number of halogens is 2. The van der Waals surface area contributed by atoms with Gasteiger partial charge in [-0.15, -0.1) is 23.5 Å². The Kier molecular flexibility index (Phi) is 7.74. The van der Waals surface area contributed by atoms with Gasteiger partial charge in [0.25, 0.3) is 5.91 Å². The van der Waals surface area contributed by atoms with Crippen LogP contribution >= 0.6 is 62.0 Å². The van der Waals surface area contributed by atoms with Crippen LogP contribution in [0.5, 0.6) is 11.5 Å². The lowest BCUT2D eigenvalue weighted by Crippen LogP contribution is -2.24. The van der Waals surface area contributed by atoms with Crippen molar-refractivity contribution in [1.82, 2.24) is 5.43 Å². The number of aromatic hydroxyl groups is 1. The molecule has 9 heteroatoms. The topological polar surface area (TPSA) is 70.9 Å². The first-order valence-corrected chi connectivity index (χ1v) is 12.0. The molecule has 0 bridgehead atoms. The van der Waals surface area contributed by atoms with E-state index in [4.69, 9.17) is 4.74 Å². The Bertz CT molecular complexity index is 820. The molecule has 0 aliphatic carbocycles. The van der Waals surface area contributed by atoms with Gasteiger partial charge in [-0.25, -0.2) is 5.43 Å². The lowest BCUT2D eigenvalue weighted by Gasteiger charge is -2.10. The summed E-state index contributed by atoms with van der Waals surface area (Å²) in [5.41, 5.74) is 4.46. The van der Waals surface area contributed by atoms with Crippen molar-refractivity contribution in [3.05, 3.63) is 55.6 Å². The number of carbonyl (C=O) groups excluding carboxylic acids is 1. The van der Waals surface area contributed by atoms with Crippen LogP contribution in [0.4, 0.5) is 0 Å². The zero-order chi connectivity index (χ0) is 19.2. The highest BCUT2D eigenvalue weighted by Crippen LogP contribution is 2.45. The molecule has 1 aliphatic rings. The van der Waals surface area contributed by atoms with Crippen molar-refractivity contribution in [3.8, 4) is 11.5 Å². The molecule has 1 fully saturated rings. The summed E-state index contributed by atoms with van der Waals surface area (Å²) in [5.74, 6) is 2.87. The molecule has 1 aliphatic heterocycles. The van der Waals surface area contributed by atoms with Crippen LogP contribution in [-0.2, 0) is 4.79 Å². The summed E-state index contributed by atoms with van der Waals surface area (Å²) in [6.45, 7) is -0.111. The molecule has 0 radical (unpaired) electrons. The molecule has 0 unspecified atom stereocenters. The fourth-order valence-corrected chi connectivity index (χ4v) is 6.65. The monoisotopic (exact) mass is 578 g/mol. The number of nitrogens with zero attached hydrogens (tertiary/aromatic N) is 1. The number of phenols is 1. The van der Waals surface area contributed by atoms with E-state index in [-0.39, 0.29) is 18.3 Å². The maximum atomic E-state index is 11.9. The highest BCUT2D eigenvalue weighted by atomic mass is 127. The lowest BCUT2D eigenvalue weighted by atomic mass is 10.2. The van der Waals surface area contributed by atoms with Crippen LogP contribution in [0.2, 0.25) is 0 Å². The van der Waals surface area contributed by atoms with Gasteiger partial charge in [0, 0.05) is 11.5 Å². The zero-order valence-corrected chi connectivity index (χ0v) is 19.4. The minimum atomic E-state index is -0.343. The first-order valence-electron chi connectivity index (χ1n) is 7.99. The number of nitrogens with one attached hydrogen (secondary N) is 1. The van der Waals surface area contributed by atoms with E-state index in [2.05, 4.69) is 26.5 Å². The summed E-state index contributed by atoms with van der Waals surface area (Å²) in [6.07, 6.45) is 1.51. The number of benzene rings is 2. The van der Waals surface area contributed by atoms with Gasteiger partial charge < -0.3 is 9.84 Å². The highest BCUT2D eigenvalue weighted by molar-refractivity contribution is 14.1. The average molecular weight is 579 g/mol. The average Bonchev–Trinajstić information content (AvgIpc) is 3.19. The molecule has 2 aromatic carbocycles. The van der Waals surface area contributed by atoms with Crippen molar-refractivity contribution < 1.29 is 14.6 Å².